The van der Waals surface area contributed by atoms with Crippen LogP contribution in [0.15, 0.2) is 36.7 Å². The highest BCUT2D eigenvalue weighted by Crippen LogP contribution is 2.28. The third kappa shape index (κ3) is 4.96. The molecule has 1 amide bonds. The average Bonchev–Trinajstić information content (AvgIpc) is 2.73. The predicted octanol–water partition coefficient (Wildman–Crippen LogP) is 4.11. The van der Waals surface area contributed by atoms with E-state index in [0.29, 0.717) is 16.7 Å². The number of hydrogen-bond donors (Lipinski definition) is 1. The Balaban J connectivity index is 1.75. The van der Waals surface area contributed by atoms with Crippen LogP contribution in [0.25, 0.3) is 11.1 Å². The first kappa shape index (κ1) is 21.3. The summed E-state index contributed by atoms with van der Waals surface area (Å²) in [5, 5.41) is 3.02. The summed E-state index contributed by atoms with van der Waals surface area (Å²) in [6.45, 7) is 3.97. The molecule has 0 radical (unpaired) electrons. The number of halogens is 1. The number of rotatable bonds is 6. The van der Waals surface area contributed by atoms with E-state index < -0.39 is 6.09 Å². The van der Waals surface area contributed by atoms with Crippen molar-refractivity contribution in [2.24, 2.45) is 0 Å². The number of ether oxygens (including phenoxy) is 3. The topological polar surface area (TPSA) is 95.5 Å². The van der Waals surface area contributed by atoms with Gasteiger partial charge in [-0.2, -0.15) is 4.98 Å². The zero-order valence-electron chi connectivity index (χ0n) is 17.0. The second kappa shape index (κ2) is 9.41. The van der Waals surface area contributed by atoms with E-state index in [2.05, 4.69) is 20.3 Å². The van der Waals surface area contributed by atoms with Crippen molar-refractivity contribution in [3.05, 3.63) is 58.6 Å². The van der Waals surface area contributed by atoms with E-state index in [1.807, 2.05) is 13.8 Å². The van der Waals surface area contributed by atoms with Crippen LogP contribution >= 0.6 is 11.6 Å². The van der Waals surface area contributed by atoms with Crippen LogP contribution in [0.1, 0.15) is 16.8 Å². The first-order valence-electron chi connectivity index (χ1n) is 9.04. The lowest BCUT2D eigenvalue weighted by Gasteiger charge is -2.13. The molecule has 0 unspecified atom stereocenters. The third-order valence-electron chi connectivity index (χ3n) is 4.39. The fourth-order valence-electron chi connectivity index (χ4n) is 2.92. The summed E-state index contributed by atoms with van der Waals surface area (Å²) in [6, 6.07) is 6.80. The molecule has 0 aliphatic carbocycles. The van der Waals surface area contributed by atoms with Crippen molar-refractivity contribution in [3.8, 4) is 28.6 Å². The molecule has 0 bridgehead atoms. The standard InChI is InChI=1S/C21H21ClN4O4/c1-12-10-24-16(13(2)20(12)29-4)11-25-21(27)30-19-9-15(8-18(26-19)28-3)14-5-6-23-17(22)7-14/h5-10H,11H2,1-4H3,(H,25,27). The zero-order chi connectivity index (χ0) is 21.7. The van der Waals surface area contributed by atoms with Gasteiger partial charge in [-0.15, -0.1) is 0 Å². The average molecular weight is 429 g/mol. The Morgan fingerprint density at radius 2 is 1.83 bits per heavy atom. The number of methoxy groups -OCH3 is 2. The maximum absolute atomic E-state index is 12.3. The van der Waals surface area contributed by atoms with Gasteiger partial charge < -0.3 is 19.5 Å². The Bertz CT molecular complexity index is 1070. The molecule has 0 aliphatic rings. The molecule has 3 rings (SSSR count). The molecule has 9 heteroatoms. The van der Waals surface area contributed by atoms with Gasteiger partial charge in [-0.3, -0.25) is 4.98 Å². The van der Waals surface area contributed by atoms with E-state index in [4.69, 9.17) is 25.8 Å². The minimum absolute atomic E-state index is 0.0842. The Hall–Kier alpha value is -3.39. The minimum atomic E-state index is -0.671. The van der Waals surface area contributed by atoms with Gasteiger partial charge in [0, 0.05) is 35.7 Å². The van der Waals surface area contributed by atoms with E-state index in [-0.39, 0.29) is 12.4 Å². The van der Waals surface area contributed by atoms with Crippen LogP contribution < -0.4 is 19.5 Å². The lowest BCUT2D eigenvalue weighted by atomic mass is 10.1. The van der Waals surface area contributed by atoms with Crippen LogP contribution in [0.4, 0.5) is 4.79 Å². The first-order valence-corrected chi connectivity index (χ1v) is 9.41. The van der Waals surface area contributed by atoms with Crippen LogP contribution in [0.2, 0.25) is 5.15 Å². The molecule has 0 saturated carbocycles. The number of carbonyl (C=O) groups is 1. The second-order valence-electron chi connectivity index (χ2n) is 6.39. The number of amides is 1. The monoisotopic (exact) mass is 428 g/mol. The van der Waals surface area contributed by atoms with Crippen molar-refractivity contribution in [1.29, 1.82) is 0 Å². The van der Waals surface area contributed by atoms with Crippen LogP contribution in [0, 0.1) is 13.8 Å². The Labute approximate surface area is 179 Å². The highest BCUT2D eigenvalue weighted by atomic mass is 35.5. The molecule has 3 aromatic rings. The van der Waals surface area contributed by atoms with E-state index in [9.17, 15) is 4.79 Å². The molecule has 0 fully saturated rings. The van der Waals surface area contributed by atoms with Crippen molar-refractivity contribution >= 4 is 17.7 Å². The highest BCUT2D eigenvalue weighted by Gasteiger charge is 2.13. The summed E-state index contributed by atoms with van der Waals surface area (Å²) < 4.78 is 15.9. The largest absolute Gasteiger partial charge is 0.496 e. The van der Waals surface area contributed by atoms with E-state index >= 15 is 0 Å². The molecule has 0 spiro atoms. The van der Waals surface area contributed by atoms with Crippen LogP contribution in [0.5, 0.6) is 17.5 Å². The molecule has 8 nitrogen and oxygen atoms in total. The van der Waals surface area contributed by atoms with Gasteiger partial charge in [-0.05, 0) is 37.1 Å². The summed E-state index contributed by atoms with van der Waals surface area (Å²) in [6.07, 6.45) is 2.61. The fraction of sp³-hybridized carbons (Fsp3) is 0.238. The van der Waals surface area contributed by atoms with Crippen molar-refractivity contribution in [2.75, 3.05) is 14.2 Å². The molecular formula is C21H21ClN4O4. The highest BCUT2D eigenvalue weighted by molar-refractivity contribution is 6.29. The van der Waals surface area contributed by atoms with Gasteiger partial charge in [0.15, 0.2) is 0 Å². The predicted molar refractivity (Wildman–Crippen MR) is 112 cm³/mol. The number of aromatic nitrogens is 3. The van der Waals surface area contributed by atoms with Gasteiger partial charge in [0.05, 0.1) is 26.5 Å². The molecule has 0 saturated heterocycles. The van der Waals surface area contributed by atoms with Crippen LogP contribution in [0.3, 0.4) is 0 Å². The summed E-state index contributed by atoms with van der Waals surface area (Å²) in [4.78, 5) is 24.8. The number of nitrogens with one attached hydrogen (secondary N) is 1. The maximum Gasteiger partial charge on any atom is 0.414 e. The van der Waals surface area contributed by atoms with E-state index in [0.717, 1.165) is 28.0 Å². The lowest BCUT2D eigenvalue weighted by Crippen LogP contribution is -2.27. The molecular weight excluding hydrogens is 408 g/mol. The summed E-state index contributed by atoms with van der Waals surface area (Å²) in [7, 11) is 3.08. The molecule has 0 atom stereocenters. The minimum Gasteiger partial charge on any atom is -0.496 e. The number of carbonyl (C=O) groups excluding carboxylic acids is 1. The normalized spacial score (nSPS) is 10.4. The number of nitrogens with zero attached hydrogens (tertiary/aromatic N) is 3. The van der Waals surface area contributed by atoms with Crippen molar-refractivity contribution < 1.29 is 19.0 Å². The number of hydrogen-bond acceptors (Lipinski definition) is 7. The van der Waals surface area contributed by atoms with Gasteiger partial charge in [-0.25, -0.2) is 9.78 Å². The van der Waals surface area contributed by atoms with Crippen LogP contribution in [-0.2, 0) is 6.54 Å². The molecule has 3 aromatic heterocycles. The summed E-state index contributed by atoms with van der Waals surface area (Å²) in [5.74, 6) is 1.12. The Morgan fingerprint density at radius 3 is 2.53 bits per heavy atom. The van der Waals surface area contributed by atoms with E-state index in [1.165, 1.54) is 7.11 Å². The first-order chi connectivity index (χ1) is 14.4. The van der Waals surface area contributed by atoms with Crippen molar-refractivity contribution in [2.45, 2.75) is 20.4 Å². The molecule has 0 aliphatic heterocycles. The Morgan fingerprint density at radius 1 is 1.07 bits per heavy atom. The van der Waals surface area contributed by atoms with Crippen molar-refractivity contribution in [1.82, 2.24) is 20.3 Å². The molecule has 156 valence electrons. The molecule has 1 N–H and O–H groups in total. The maximum atomic E-state index is 12.3. The van der Waals surface area contributed by atoms with Crippen molar-refractivity contribution in [3.63, 3.8) is 0 Å². The molecule has 30 heavy (non-hydrogen) atoms. The van der Waals surface area contributed by atoms with Crippen LogP contribution in [-0.4, -0.2) is 35.3 Å². The van der Waals surface area contributed by atoms with Gasteiger partial charge in [-0.1, -0.05) is 11.6 Å². The lowest BCUT2D eigenvalue weighted by molar-refractivity contribution is 0.197. The van der Waals surface area contributed by atoms with E-state index in [1.54, 1.807) is 43.8 Å². The fourth-order valence-corrected chi connectivity index (χ4v) is 3.10. The number of aryl methyl sites for hydroxylation is 1. The Kier molecular flexibility index (Phi) is 6.68. The second-order valence-corrected chi connectivity index (χ2v) is 6.78. The zero-order valence-corrected chi connectivity index (χ0v) is 17.8. The molecule has 3 heterocycles. The number of pyridine rings is 3. The SMILES string of the molecule is COc1cc(-c2ccnc(Cl)c2)cc(OC(=O)NCc2ncc(C)c(OC)c2C)n1. The quantitative estimate of drug-likeness (QED) is 0.590. The van der Waals surface area contributed by atoms with Gasteiger partial charge in [0.25, 0.3) is 0 Å². The smallest absolute Gasteiger partial charge is 0.414 e. The molecule has 0 aromatic carbocycles. The van der Waals surface area contributed by atoms with Gasteiger partial charge >= 0.3 is 6.09 Å². The third-order valence-corrected chi connectivity index (χ3v) is 4.60. The summed E-state index contributed by atoms with van der Waals surface area (Å²) in [5.41, 5.74) is 3.96. The van der Waals surface area contributed by atoms with Gasteiger partial charge in [0.1, 0.15) is 10.9 Å². The van der Waals surface area contributed by atoms with Gasteiger partial charge in [0.2, 0.25) is 11.8 Å². The summed E-state index contributed by atoms with van der Waals surface area (Å²) >= 11 is 5.97.